The molecule has 3 N–H and O–H groups in total. The van der Waals surface area contributed by atoms with Gasteiger partial charge in [-0.3, -0.25) is 14.4 Å². The number of amides is 3. The van der Waals surface area contributed by atoms with Gasteiger partial charge in [0.05, 0.1) is 13.3 Å². The van der Waals surface area contributed by atoms with Gasteiger partial charge >= 0.3 is 11.8 Å². The van der Waals surface area contributed by atoms with Crippen molar-refractivity contribution in [2.75, 3.05) is 13.7 Å². The molecule has 170 valence electrons. The minimum absolute atomic E-state index is 0.102. The molecule has 9 nitrogen and oxygen atoms in total. The summed E-state index contributed by atoms with van der Waals surface area (Å²) in [6.07, 6.45) is 2.08. The number of rotatable bonds is 10. The predicted octanol–water partition coefficient (Wildman–Crippen LogP) is 1.76. The zero-order valence-electron chi connectivity index (χ0n) is 18.4. The lowest BCUT2D eigenvalue weighted by Crippen LogP contribution is -2.41. The van der Waals surface area contributed by atoms with E-state index >= 15 is 0 Å². The summed E-state index contributed by atoms with van der Waals surface area (Å²) in [6.45, 7) is 3.95. The highest BCUT2D eigenvalue weighted by atomic mass is 16.5. The van der Waals surface area contributed by atoms with Crippen LogP contribution in [0.3, 0.4) is 0 Å². The van der Waals surface area contributed by atoms with Crippen LogP contribution in [0.15, 0.2) is 53.6 Å². The van der Waals surface area contributed by atoms with Gasteiger partial charge in [-0.25, -0.2) is 5.43 Å². The van der Waals surface area contributed by atoms with Crippen LogP contribution in [0.5, 0.6) is 11.5 Å². The normalized spacial score (nSPS) is 11.5. The van der Waals surface area contributed by atoms with Gasteiger partial charge in [0.15, 0.2) is 18.1 Å². The largest absolute Gasteiger partial charge is 0.493 e. The molecule has 2 aromatic rings. The van der Waals surface area contributed by atoms with Gasteiger partial charge < -0.3 is 20.1 Å². The van der Waals surface area contributed by atoms with E-state index < -0.39 is 11.8 Å². The number of benzene rings is 2. The van der Waals surface area contributed by atoms with Crippen molar-refractivity contribution in [3.63, 3.8) is 0 Å². The van der Waals surface area contributed by atoms with E-state index in [1.807, 2.05) is 37.3 Å². The van der Waals surface area contributed by atoms with Crippen molar-refractivity contribution in [1.82, 2.24) is 16.1 Å². The fraction of sp³-hybridized carbons (Fsp3) is 0.304. The highest BCUT2D eigenvalue weighted by molar-refractivity contribution is 6.35. The number of carbonyl (C=O) groups excluding carboxylic acids is 3. The molecule has 0 radical (unpaired) electrons. The fourth-order valence-corrected chi connectivity index (χ4v) is 2.48. The van der Waals surface area contributed by atoms with Crippen LogP contribution in [0.25, 0.3) is 0 Å². The van der Waals surface area contributed by atoms with E-state index in [9.17, 15) is 14.4 Å². The Hall–Kier alpha value is -3.88. The van der Waals surface area contributed by atoms with Crippen molar-refractivity contribution in [2.24, 2.45) is 5.10 Å². The van der Waals surface area contributed by atoms with Crippen LogP contribution in [0.4, 0.5) is 0 Å². The average molecular weight is 441 g/mol. The molecule has 0 bridgehead atoms. The maximum absolute atomic E-state index is 12.0. The monoisotopic (exact) mass is 440 g/mol. The molecule has 0 saturated heterocycles. The van der Waals surface area contributed by atoms with Crippen molar-refractivity contribution in [2.45, 2.75) is 32.9 Å². The first-order valence-corrected chi connectivity index (χ1v) is 10.2. The third-order valence-electron chi connectivity index (χ3n) is 4.45. The Kier molecular flexibility index (Phi) is 9.70. The number of methoxy groups -OCH3 is 1. The molecule has 0 aromatic heterocycles. The molecule has 32 heavy (non-hydrogen) atoms. The lowest BCUT2D eigenvalue weighted by atomic mass is 10.2. The minimum atomic E-state index is -0.852. The molecule has 2 aromatic carbocycles. The summed E-state index contributed by atoms with van der Waals surface area (Å²) in [5.41, 5.74) is 3.77. The van der Waals surface area contributed by atoms with Crippen LogP contribution in [-0.2, 0) is 20.9 Å². The lowest BCUT2D eigenvalue weighted by Gasteiger charge is -2.11. The number of hydrogen-bond donors (Lipinski definition) is 3. The maximum Gasteiger partial charge on any atom is 0.329 e. The molecule has 0 heterocycles. The Morgan fingerprint density at radius 2 is 1.81 bits per heavy atom. The number of nitrogens with zero attached hydrogens (tertiary/aromatic N) is 1. The number of nitrogens with one attached hydrogen (secondary N) is 3. The minimum Gasteiger partial charge on any atom is -0.493 e. The van der Waals surface area contributed by atoms with E-state index in [1.54, 1.807) is 25.1 Å². The van der Waals surface area contributed by atoms with Gasteiger partial charge in [0.2, 0.25) is 0 Å². The van der Waals surface area contributed by atoms with Crippen LogP contribution < -0.4 is 25.5 Å². The number of carbonyl (C=O) groups is 3. The lowest BCUT2D eigenvalue weighted by molar-refractivity contribution is -0.139. The second kappa shape index (κ2) is 12.7. The predicted molar refractivity (Wildman–Crippen MR) is 120 cm³/mol. The van der Waals surface area contributed by atoms with Crippen LogP contribution in [-0.4, -0.2) is 43.7 Å². The first kappa shape index (κ1) is 24.4. The third kappa shape index (κ3) is 8.10. The van der Waals surface area contributed by atoms with Crippen molar-refractivity contribution in [3.05, 3.63) is 59.7 Å². The van der Waals surface area contributed by atoms with Gasteiger partial charge in [0.1, 0.15) is 0 Å². The van der Waals surface area contributed by atoms with Crippen LogP contribution in [0.1, 0.15) is 31.4 Å². The van der Waals surface area contributed by atoms with Crippen molar-refractivity contribution in [1.29, 1.82) is 0 Å². The molecular weight excluding hydrogens is 412 g/mol. The summed E-state index contributed by atoms with van der Waals surface area (Å²) in [6, 6.07) is 14.4. The van der Waals surface area contributed by atoms with E-state index in [1.165, 1.54) is 13.3 Å². The van der Waals surface area contributed by atoms with Gasteiger partial charge in [-0.05, 0) is 42.7 Å². The molecule has 2 rings (SSSR count). The topological polar surface area (TPSA) is 118 Å². The molecule has 0 fully saturated rings. The summed E-state index contributed by atoms with van der Waals surface area (Å²) in [7, 11) is 1.47. The highest BCUT2D eigenvalue weighted by Gasteiger charge is 2.14. The van der Waals surface area contributed by atoms with Crippen LogP contribution in [0, 0.1) is 0 Å². The standard InChI is InChI=1S/C23H28N4O5/c1-4-16(2)26-22(29)23(30)27-25-14-18-10-11-19(20(12-18)31-3)32-15-21(28)24-13-17-8-6-5-7-9-17/h5-12,14,16H,4,13,15H2,1-3H3,(H,24,28)(H,26,29)(H,27,30)/b25-14-/t16-/m0/s1. The molecular formula is C23H28N4O5. The fourth-order valence-electron chi connectivity index (χ4n) is 2.48. The maximum atomic E-state index is 12.0. The molecule has 0 spiro atoms. The smallest absolute Gasteiger partial charge is 0.329 e. The van der Waals surface area contributed by atoms with Gasteiger partial charge in [-0.2, -0.15) is 5.10 Å². The first-order valence-electron chi connectivity index (χ1n) is 10.2. The molecule has 0 saturated carbocycles. The van der Waals surface area contributed by atoms with Crippen molar-refractivity contribution < 1.29 is 23.9 Å². The van der Waals surface area contributed by atoms with Crippen molar-refractivity contribution >= 4 is 23.9 Å². The highest BCUT2D eigenvalue weighted by Crippen LogP contribution is 2.27. The summed E-state index contributed by atoms with van der Waals surface area (Å²) in [5, 5.41) is 9.12. The Bertz CT molecular complexity index is 947. The van der Waals surface area contributed by atoms with Crippen LogP contribution >= 0.6 is 0 Å². The van der Waals surface area contributed by atoms with E-state index in [-0.39, 0.29) is 18.6 Å². The van der Waals surface area contributed by atoms with E-state index in [2.05, 4.69) is 21.2 Å². The summed E-state index contributed by atoms with van der Waals surface area (Å²) in [4.78, 5) is 35.5. The zero-order chi connectivity index (χ0) is 23.3. The molecule has 1 atom stereocenters. The molecule has 0 aliphatic rings. The van der Waals surface area contributed by atoms with Gasteiger partial charge in [0, 0.05) is 12.6 Å². The Morgan fingerprint density at radius 3 is 2.50 bits per heavy atom. The van der Waals surface area contributed by atoms with E-state index in [0.717, 1.165) is 5.56 Å². The SMILES string of the molecule is CC[C@H](C)NC(=O)C(=O)N/N=C\c1ccc(OCC(=O)NCc2ccccc2)c(OC)c1. The summed E-state index contributed by atoms with van der Waals surface area (Å²) < 4.78 is 10.9. The van der Waals surface area contributed by atoms with E-state index in [0.29, 0.717) is 30.0 Å². The number of ether oxygens (including phenoxy) is 2. The zero-order valence-corrected chi connectivity index (χ0v) is 18.4. The molecule has 9 heteroatoms. The molecule has 3 amide bonds. The Morgan fingerprint density at radius 1 is 1.06 bits per heavy atom. The van der Waals surface area contributed by atoms with E-state index in [4.69, 9.17) is 9.47 Å². The van der Waals surface area contributed by atoms with Crippen molar-refractivity contribution in [3.8, 4) is 11.5 Å². The number of hydrazone groups is 1. The number of hydrogen-bond acceptors (Lipinski definition) is 6. The molecule has 0 aliphatic carbocycles. The Balaban J connectivity index is 1.86. The molecule has 0 unspecified atom stereocenters. The summed E-state index contributed by atoms with van der Waals surface area (Å²) in [5.74, 6) is -1.08. The first-order chi connectivity index (χ1) is 15.4. The van der Waals surface area contributed by atoms with Crippen LogP contribution in [0.2, 0.25) is 0 Å². The molecule has 0 aliphatic heterocycles. The van der Waals surface area contributed by atoms with Gasteiger partial charge in [-0.1, -0.05) is 37.3 Å². The van der Waals surface area contributed by atoms with Gasteiger partial charge in [0.25, 0.3) is 5.91 Å². The summed E-state index contributed by atoms with van der Waals surface area (Å²) >= 11 is 0. The second-order valence-electron chi connectivity index (χ2n) is 6.94. The quantitative estimate of drug-likeness (QED) is 0.296. The van der Waals surface area contributed by atoms with Gasteiger partial charge in [-0.15, -0.1) is 0 Å². The average Bonchev–Trinajstić information content (AvgIpc) is 2.82. The second-order valence-corrected chi connectivity index (χ2v) is 6.94. The Labute approximate surface area is 187 Å². The third-order valence-corrected chi connectivity index (χ3v) is 4.45.